The van der Waals surface area contributed by atoms with Crippen molar-refractivity contribution in [3.63, 3.8) is 0 Å². The highest BCUT2D eigenvalue weighted by Crippen LogP contribution is 2.45. The predicted octanol–water partition coefficient (Wildman–Crippen LogP) is 2.88. The van der Waals surface area contributed by atoms with Crippen molar-refractivity contribution < 1.29 is 9.13 Å². The lowest BCUT2D eigenvalue weighted by Gasteiger charge is -2.16. The first-order valence-corrected chi connectivity index (χ1v) is 9.26. The number of H-pyrrole nitrogens is 1. The van der Waals surface area contributed by atoms with Gasteiger partial charge in [0.25, 0.3) is 5.56 Å². The number of aromatic nitrogens is 2. The Morgan fingerprint density at radius 1 is 1.40 bits per heavy atom. The maximum absolute atomic E-state index is 13.9. The lowest BCUT2D eigenvalue weighted by molar-refractivity contribution is 0.258. The van der Waals surface area contributed by atoms with E-state index in [0.29, 0.717) is 28.0 Å². The number of fused-ring (bicyclic) bond motifs is 1. The minimum atomic E-state index is -0.677. The first-order valence-electron chi connectivity index (χ1n) is 9.26. The average molecular weight is 406 g/mol. The van der Waals surface area contributed by atoms with Crippen LogP contribution in [-0.4, -0.2) is 22.8 Å². The topological polar surface area (TPSA) is 155 Å². The van der Waals surface area contributed by atoms with Crippen LogP contribution in [0.25, 0.3) is 22.2 Å². The Morgan fingerprint density at radius 2 is 2.13 bits per heavy atom. The molecule has 1 aliphatic carbocycles. The van der Waals surface area contributed by atoms with Crippen LogP contribution in [0.3, 0.4) is 0 Å². The van der Waals surface area contributed by atoms with Gasteiger partial charge in [-0.3, -0.25) is 4.79 Å². The quantitative estimate of drug-likeness (QED) is 0.377. The van der Waals surface area contributed by atoms with Gasteiger partial charge in [0.05, 0.1) is 22.7 Å². The van der Waals surface area contributed by atoms with E-state index in [-0.39, 0.29) is 29.1 Å². The van der Waals surface area contributed by atoms with Crippen LogP contribution in [0, 0.1) is 34.9 Å². The number of nitrogens with two attached hydrogens (primary N) is 2. The third-order valence-electron chi connectivity index (χ3n) is 5.39. The van der Waals surface area contributed by atoms with E-state index in [0.717, 1.165) is 25.1 Å². The maximum atomic E-state index is 13.9. The van der Waals surface area contributed by atoms with Crippen molar-refractivity contribution in [1.82, 2.24) is 9.97 Å². The second kappa shape index (κ2) is 6.84. The van der Waals surface area contributed by atoms with E-state index in [9.17, 15) is 14.4 Å². The molecule has 3 aromatic rings. The number of nitriles is 1. The zero-order chi connectivity index (χ0) is 21.6. The van der Waals surface area contributed by atoms with Crippen molar-refractivity contribution in [2.45, 2.75) is 19.8 Å². The summed E-state index contributed by atoms with van der Waals surface area (Å²) in [5.41, 5.74) is 12.6. The Kier molecular flexibility index (Phi) is 4.42. The molecule has 0 saturated heterocycles. The van der Waals surface area contributed by atoms with Crippen LogP contribution in [-0.2, 0) is 0 Å². The fraction of sp³-hybridized carbons (Fsp3) is 0.238. The molecule has 0 amide bonds. The summed E-state index contributed by atoms with van der Waals surface area (Å²) in [5.74, 6) is -0.368. The zero-order valence-electron chi connectivity index (χ0n) is 16.2. The fourth-order valence-electron chi connectivity index (χ4n) is 3.36. The van der Waals surface area contributed by atoms with Crippen LogP contribution >= 0.6 is 0 Å². The Hall–Kier alpha value is -3.93. The van der Waals surface area contributed by atoms with Crippen LogP contribution in [0.5, 0.6) is 5.88 Å². The van der Waals surface area contributed by atoms with E-state index in [1.165, 1.54) is 6.07 Å². The van der Waals surface area contributed by atoms with Crippen LogP contribution in [0.1, 0.15) is 24.0 Å². The maximum Gasteiger partial charge on any atom is 0.272 e. The van der Waals surface area contributed by atoms with Crippen molar-refractivity contribution >= 4 is 28.6 Å². The number of rotatable bonds is 5. The summed E-state index contributed by atoms with van der Waals surface area (Å²) >= 11 is 0. The van der Waals surface area contributed by atoms with Crippen LogP contribution in [0.2, 0.25) is 0 Å². The Balaban J connectivity index is 1.95. The number of hydrogen-bond acceptors (Lipinski definition) is 7. The highest BCUT2D eigenvalue weighted by molar-refractivity contribution is 6.05. The number of hydrogen-bond donors (Lipinski definition) is 4. The van der Waals surface area contributed by atoms with Gasteiger partial charge in [-0.05, 0) is 37.5 Å². The second-order valence-corrected chi connectivity index (χ2v) is 7.50. The molecule has 152 valence electrons. The first kappa shape index (κ1) is 19.4. The number of pyridine rings is 2. The number of nitrogens with zero attached hydrogens (tertiary/aromatic N) is 2. The average Bonchev–Trinajstić information content (AvgIpc) is 3.51. The minimum Gasteiger partial charge on any atom is -0.476 e. The molecule has 9 heteroatoms. The Labute approximate surface area is 170 Å². The lowest BCUT2D eigenvalue weighted by atomic mass is 9.96. The molecule has 8 nitrogen and oxygen atoms in total. The van der Waals surface area contributed by atoms with E-state index in [4.69, 9.17) is 21.6 Å². The molecule has 0 aliphatic heterocycles. The number of anilines is 2. The van der Waals surface area contributed by atoms with Gasteiger partial charge in [-0.2, -0.15) is 5.26 Å². The monoisotopic (exact) mass is 406 g/mol. The van der Waals surface area contributed by atoms with Gasteiger partial charge in [0.2, 0.25) is 5.88 Å². The highest BCUT2D eigenvalue weighted by Gasteiger charge is 2.44. The third kappa shape index (κ3) is 3.03. The summed E-state index contributed by atoms with van der Waals surface area (Å²) in [6, 6.07) is 6.53. The van der Waals surface area contributed by atoms with Crippen molar-refractivity contribution in [3.8, 4) is 23.1 Å². The van der Waals surface area contributed by atoms with Gasteiger partial charge in [-0.15, -0.1) is 0 Å². The molecule has 0 radical (unpaired) electrons. The molecule has 0 unspecified atom stereocenters. The summed E-state index contributed by atoms with van der Waals surface area (Å²) in [6.07, 6.45) is 2.47. The molecule has 0 spiro atoms. The number of aryl methyl sites for hydroxylation is 1. The van der Waals surface area contributed by atoms with Gasteiger partial charge < -0.3 is 26.6 Å². The molecular weight excluding hydrogens is 387 g/mol. The summed E-state index contributed by atoms with van der Waals surface area (Å²) in [5, 5.41) is 16.9. The van der Waals surface area contributed by atoms with Crippen molar-refractivity contribution in [2.75, 3.05) is 18.1 Å². The van der Waals surface area contributed by atoms with Crippen molar-refractivity contribution in [2.24, 2.45) is 5.41 Å². The van der Waals surface area contributed by atoms with Crippen molar-refractivity contribution in [1.29, 1.82) is 10.7 Å². The van der Waals surface area contributed by atoms with Crippen LogP contribution in [0.4, 0.5) is 15.8 Å². The van der Waals surface area contributed by atoms with E-state index < -0.39 is 16.8 Å². The van der Waals surface area contributed by atoms with Gasteiger partial charge in [-0.1, -0.05) is 6.07 Å². The molecule has 1 fully saturated rings. The van der Waals surface area contributed by atoms with Crippen molar-refractivity contribution in [3.05, 3.63) is 45.5 Å². The van der Waals surface area contributed by atoms with Gasteiger partial charge in [-0.25, -0.2) is 9.37 Å². The van der Waals surface area contributed by atoms with E-state index >= 15 is 0 Å². The molecular formula is C21H19FN6O2. The van der Waals surface area contributed by atoms with Gasteiger partial charge in [0, 0.05) is 22.9 Å². The SMILES string of the molecule is Cc1cc2[nH]c(=O)c(N)c(-c3ccc(F)c(N)c3C=N)c2nc1OCC1(C#N)CC1. The molecule has 6 N–H and O–H groups in total. The largest absolute Gasteiger partial charge is 0.476 e. The molecule has 30 heavy (non-hydrogen) atoms. The molecule has 2 heterocycles. The van der Waals surface area contributed by atoms with Gasteiger partial charge in [0.15, 0.2) is 0 Å². The Morgan fingerprint density at radius 3 is 2.77 bits per heavy atom. The molecule has 1 aromatic carbocycles. The van der Waals surface area contributed by atoms with E-state index in [1.807, 2.05) is 0 Å². The molecule has 0 bridgehead atoms. The number of ether oxygens (including phenoxy) is 1. The number of nitrogens with one attached hydrogen (secondary N) is 2. The molecule has 1 aliphatic rings. The van der Waals surface area contributed by atoms with Gasteiger partial charge in [0.1, 0.15) is 23.6 Å². The summed E-state index contributed by atoms with van der Waals surface area (Å²) in [6.45, 7) is 1.99. The first-order chi connectivity index (χ1) is 14.3. The molecule has 0 atom stereocenters. The number of aromatic amines is 1. The van der Waals surface area contributed by atoms with E-state index in [2.05, 4.69) is 16.0 Å². The highest BCUT2D eigenvalue weighted by atomic mass is 19.1. The minimum absolute atomic E-state index is 0.0971. The predicted molar refractivity (Wildman–Crippen MR) is 112 cm³/mol. The third-order valence-corrected chi connectivity index (χ3v) is 5.39. The Bertz CT molecular complexity index is 1300. The summed E-state index contributed by atoms with van der Waals surface area (Å²) in [4.78, 5) is 19.7. The molecule has 2 aromatic heterocycles. The summed E-state index contributed by atoms with van der Waals surface area (Å²) < 4.78 is 19.8. The lowest BCUT2D eigenvalue weighted by Crippen LogP contribution is -2.16. The smallest absolute Gasteiger partial charge is 0.272 e. The summed E-state index contributed by atoms with van der Waals surface area (Å²) in [7, 11) is 0. The second-order valence-electron chi connectivity index (χ2n) is 7.50. The number of benzene rings is 1. The number of nitrogen functional groups attached to an aromatic ring is 2. The standard InChI is InChI=1S/C21H19FN6O2/c1-10-6-14-18(28-20(10)30-9-21(8-24)4-5-21)15(17(26)19(29)27-14)11-2-3-13(22)16(25)12(11)7-23/h2-3,6-7,23H,4-5,9,25-26H2,1H3,(H,27,29). The fourth-order valence-corrected chi connectivity index (χ4v) is 3.36. The zero-order valence-corrected chi connectivity index (χ0v) is 16.2. The number of halogens is 1. The van der Waals surface area contributed by atoms with Crippen LogP contribution < -0.4 is 21.8 Å². The van der Waals surface area contributed by atoms with E-state index in [1.54, 1.807) is 13.0 Å². The molecule has 4 rings (SSSR count). The van der Waals surface area contributed by atoms with Gasteiger partial charge >= 0.3 is 0 Å². The van der Waals surface area contributed by atoms with Crippen LogP contribution in [0.15, 0.2) is 23.0 Å². The molecule has 1 saturated carbocycles. The normalized spacial score (nSPS) is 14.3.